The molecule has 0 bridgehead atoms. The lowest BCUT2D eigenvalue weighted by Gasteiger charge is -2.38. The molecule has 116 valence electrons. The van der Waals surface area contributed by atoms with Gasteiger partial charge in [-0.3, -0.25) is 0 Å². The maximum Gasteiger partial charge on any atom is 0.124 e. The van der Waals surface area contributed by atoms with Crippen LogP contribution in [0.3, 0.4) is 0 Å². The number of rotatable bonds is 4. The van der Waals surface area contributed by atoms with E-state index in [0.29, 0.717) is 10.8 Å². The molecule has 1 aromatic rings. The van der Waals surface area contributed by atoms with Crippen molar-refractivity contribution >= 4 is 27.7 Å². The Kier molecular flexibility index (Phi) is 5.18. The number of thioether (sulfide) groups is 1. The quantitative estimate of drug-likeness (QED) is 0.812. The monoisotopic (exact) mass is 369 g/mol. The highest BCUT2D eigenvalue weighted by Crippen LogP contribution is 2.40. The molecule has 1 saturated carbocycles. The predicted molar refractivity (Wildman–Crippen MR) is 94.3 cm³/mol. The molecule has 3 rings (SSSR count). The van der Waals surface area contributed by atoms with Crippen LogP contribution in [0.2, 0.25) is 0 Å². The molecule has 1 atom stereocenters. The number of hydrogen-bond acceptors (Lipinski definition) is 3. The Balaban J connectivity index is 1.70. The highest BCUT2D eigenvalue weighted by Gasteiger charge is 2.32. The topological polar surface area (TPSA) is 21.3 Å². The van der Waals surface area contributed by atoms with Gasteiger partial charge in [0.25, 0.3) is 0 Å². The van der Waals surface area contributed by atoms with Gasteiger partial charge in [-0.2, -0.15) is 11.8 Å². The minimum Gasteiger partial charge on any atom is -0.493 e. The van der Waals surface area contributed by atoms with Gasteiger partial charge in [-0.15, -0.1) is 0 Å². The normalized spacial score (nSPS) is 24.2. The van der Waals surface area contributed by atoms with E-state index in [9.17, 15) is 0 Å². The van der Waals surface area contributed by atoms with Crippen molar-refractivity contribution in [1.82, 2.24) is 5.32 Å². The number of nitrogens with one attached hydrogen (secondary N) is 1. The van der Waals surface area contributed by atoms with Gasteiger partial charge in [0.1, 0.15) is 5.75 Å². The maximum atomic E-state index is 5.79. The van der Waals surface area contributed by atoms with Crippen molar-refractivity contribution in [2.24, 2.45) is 0 Å². The zero-order valence-corrected chi connectivity index (χ0v) is 15.1. The van der Waals surface area contributed by atoms with E-state index in [1.807, 2.05) is 0 Å². The first-order valence-corrected chi connectivity index (χ1v) is 9.95. The molecule has 21 heavy (non-hydrogen) atoms. The summed E-state index contributed by atoms with van der Waals surface area (Å²) in [6.07, 6.45) is 10.2. The van der Waals surface area contributed by atoms with Crippen molar-refractivity contribution in [2.45, 2.75) is 49.3 Å². The maximum absolute atomic E-state index is 5.79. The van der Waals surface area contributed by atoms with Crippen molar-refractivity contribution in [3.8, 4) is 5.75 Å². The third-order valence-electron chi connectivity index (χ3n) is 4.88. The summed E-state index contributed by atoms with van der Waals surface area (Å²) >= 11 is 5.65. The largest absolute Gasteiger partial charge is 0.493 e. The van der Waals surface area contributed by atoms with Crippen LogP contribution in [0.4, 0.5) is 0 Å². The standard InChI is InChI=1S/C17H24BrNOS/c1-21-17(8-3-2-4-9-17)12-19-15-7-10-20-16-6-5-13(18)11-14(15)16/h5-6,11,15,19H,2-4,7-10,12H2,1H3. The SMILES string of the molecule is CSC1(CNC2CCOc3ccc(Br)cc32)CCCCC1. The van der Waals surface area contributed by atoms with E-state index in [2.05, 4.69) is 57.5 Å². The molecule has 0 aromatic heterocycles. The first kappa shape index (κ1) is 15.7. The lowest BCUT2D eigenvalue weighted by atomic mass is 9.87. The average Bonchev–Trinajstić information content (AvgIpc) is 2.54. The predicted octanol–water partition coefficient (Wildman–Crippen LogP) is 4.93. The molecule has 1 aliphatic heterocycles. The van der Waals surface area contributed by atoms with Gasteiger partial charge in [-0.25, -0.2) is 0 Å². The van der Waals surface area contributed by atoms with Gasteiger partial charge in [-0.05, 0) is 37.3 Å². The van der Waals surface area contributed by atoms with Crippen LogP contribution in [0, 0.1) is 0 Å². The summed E-state index contributed by atoms with van der Waals surface area (Å²) in [4.78, 5) is 0. The highest BCUT2D eigenvalue weighted by molar-refractivity contribution is 9.10. The molecule has 0 amide bonds. The molecule has 1 fully saturated rings. The summed E-state index contributed by atoms with van der Waals surface area (Å²) in [5, 5.41) is 3.84. The van der Waals surface area contributed by atoms with E-state index < -0.39 is 0 Å². The second kappa shape index (κ2) is 6.93. The molecule has 2 aliphatic rings. The zero-order chi connectivity index (χ0) is 14.7. The van der Waals surface area contributed by atoms with Crippen LogP contribution in [0.5, 0.6) is 5.75 Å². The van der Waals surface area contributed by atoms with Crippen LogP contribution in [-0.4, -0.2) is 24.2 Å². The second-order valence-corrected chi connectivity index (χ2v) is 8.39. The zero-order valence-electron chi connectivity index (χ0n) is 12.7. The van der Waals surface area contributed by atoms with E-state index >= 15 is 0 Å². The van der Waals surface area contributed by atoms with Gasteiger partial charge < -0.3 is 10.1 Å². The van der Waals surface area contributed by atoms with Crippen molar-refractivity contribution in [2.75, 3.05) is 19.4 Å². The minimum atomic E-state index is 0.428. The van der Waals surface area contributed by atoms with E-state index in [-0.39, 0.29) is 0 Å². The van der Waals surface area contributed by atoms with Crippen LogP contribution < -0.4 is 10.1 Å². The fourth-order valence-corrected chi connectivity index (χ4v) is 4.84. The van der Waals surface area contributed by atoms with Gasteiger partial charge in [0, 0.05) is 33.8 Å². The first-order valence-electron chi connectivity index (χ1n) is 7.93. The van der Waals surface area contributed by atoms with Crippen molar-refractivity contribution in [3.63, 3.8) is 0 Å². The molecule has 1 unspecified atom stereocenters. The van der Waals surface area contributed by atoms with Gasteiger partial charge in [0.05, 0.1) is 6.61 Å². The number of fused-ring (bicyclic) bond motifs is 1. The molecule has 4 heteroatoms. The summed E-state index contributed by atoms with van der Waals surface area (Å²) in [7, 11) is 0. The summed E-state index contributed by atoms with van der Waals surface area (Å²) in [6.45, 7) is 1.93. The van der Waals surface area contributed by atoms with Crippen LogP contribution >= 0.6 is 27.7 Å². The Morgan fingerprint density at radius 2 is 2.14 bits per heavy atom. The smallest absolute Gasteiger partial charge is 0.124 e. The van der Waals surface area contributed by atoms with Crippen LogP contribution in [-0.2, 0) is 0 Å². The minimum absolute atomic E-state index is 0.428. The number of hydrogen-bond donors (Lipinski definition) is 1. The summed E-state index contributed by atoms with van der Waals surface area (Å²) in [5.74, 6) is 1.05. The van der Waals surface area contributed by atoms with Crippen molar-refractivity contribution in [1.29, 1.82) is 0 Å². The number of ether oxygens (including phenoxy) is 1. The second-order valence-electron chi connectivity index (χ2n) is 6.20. The number of benzene rings is 1. The van der Waals surface area contributed by atoms with Crippen LogP contribution in [0.1, 0.15) is 50.1 Å². The third kappa shape index (κ3) is 3.59. The summed E-state index contributed by atoms with van der Waals surface area (Å²) < 4.78 is 7.37. The Labute approximate surface area is 140 Å². The Bertz CT molecular complexity index is 488. The Morgan fingerprint density at radius 1 is 1.33 bits per heavy atom. The lowest BCUT2D eigenvalue weighted by Crippen LogP contribution is -2.41. The molecule has 2 nitrogen and oxygen atoms in total. The Morgan fingerprint density at radius 3 is 2.90 bits per heavy atom. The van der Waals surface area contributed by atoms with E-state index in [1.165, 1.54) is 37.7 Å². The molecule has 0 radical (unpaired) electrons. The molecular formula is C17H24BrNOS. The molecule has 1 N–H and O–H groups in total. The van der Waals surface area contributed by atoms with E-state index in [0.717, 1.165) is 29.8 Å². The van der Waals surface area contributed by atoms with E-state index in [4.69, 9.17) is 4.74 Å². The highest BCUT2D eigenvalue weighted by atomic mass is 79.9. The molecule has 1 heterocycles. The summed E-state index contributed by atoms with van der Waals surface area (Å²) in [5.41, 5.74) is 1.31. The van der Waals surface area contributed by atoms with Crippen LogP contribution in [0.15, 0.2) is 22.7 Å². The van der Waals surface area contributed by atoms with Gasteiger partial charge >= 0.3 is 0 Å². The number of halogens is 1. The summed E-state index contributed by atoms with van der Waals surface area (Å²) in [6, 6.07) is 6.78. The molecule has 0 spiro atoms. The van der Waals surface area contributed by atoms with Crippen molar-refractivity contribution in [3.05, 3.63) is 28.2 Å². The first-order chi connectivity index (χ1) is 10.2. The molecule has 1 aromatic carbocycles. The Hall–Kier alpha value is -0.190. The van der Waals surface area contributed by atoms with Gasteiger partial charge in [-0.1, -0.05) is 35.2 Å². The third-order valence-corrected chi connectivity index (χ3v) is 6.79. The fraction of sp³-hybridized carbons (Fsp3) is 0.647. The lowest BCUT2D eigenvalue weighted by molar-refractivity contribution is 0.246. The fourth-order valence-electron chi connectivity index (χ4n) is 3.54. The van der Waals surface area contributed by atoms with E-state index in [1.54, 1.807) is 0 Å². The molecular weight excluding hydrogens is 346 g/mol. The van der Waals surface area contributed by atoms with Crippen LogP contribution in [0.25, 0.3) is 0 Å². The average molecular weight is 370 g/mol. The molecule has 1 aliphatic carbocycles. The van der Waals surface area contributed by atoms with Crippen molar-refractivity contribution < 1.29 is 4.74 Å². The van der Waals surface area contributed by atoms with Gasteiger partial charge in [0.15, 0.2) is 0 Å². The van der Waals surface area contributed by atoms with Gasteiger partial charge in [0.2, 0.25) is 0 Å². The molecule has 0 saturated heterocycles.